The molecule has 3 rings (SSSR count). The fraction of sp³-hybridized carbons (Fsp3) is 0.619. The van der Waals surface area contributed by atoms with Gasteiger partial charge in [-0.2, -0.15) is 0 Å². The van der Waals surface area contributed by atoms with E-state index in [1.54, 1.807) is 0 Å². The Labute approximate surface area is 180 Å². The Balaban J connectivity index is 0.00000261. The summed E-state index contributed by atoms with van der Waals surface area (Å²) < 4.78 is 0. The molecule has 1 aromatic carbocycles. The van der Waals surface area contributed by atoms with Gasteiger partial charge in [-0.15, -0.1) is 24.0 Å². The normalized spacial score (nSPS) is 21.7. The van der Waals surface area contributed by atoms with Crippen LogP contribution < -0.4 is 5.73 Å². The predicted octanol–water partition coefficient (Wildman–Crippen LogP) is 3.13. The van der Waals surface area contributed by atoms with Gasteiger partial charge < -0.3 is 15.5 Å². The first-order valence-electron chi connectivity index (χ1n) is 9.98. The Kier molecular flexibility index (Phi) is 8.86. The van der Waals surface area contributed by atoms with Crippen molar-refractivity contribution in [1.82, 2.24) is 9.80 Å². The molecular weight excluding hydrogens is 451 g/mol. The van der Waals surface area contributed by atoms with Crippen LogP contribution in [0.5, 0.6) is 0 Å². The number of rotatable bonds is 4. The molecule has 2 fully saturated rings. The predicted molar refractivity (Wildman–Crippen MR) is 121 cm³/mol. The van der Waals surface area contributed by atoms with E-state index in [1.165, 1.54) is 12.0 Å². The third kappa shape index (κ3) is 6.66. The topological polar surface area (TPSA) is 61.9 Å². The van der Waals surface area contributed by atoms with Gasteiger partial charge in [-0.3, -0.25) is 4.79 Å². The van der Waals surface area contributed by atoms with Crippen molar-refractivity contribution in [3.8, 4) is 0 Å². The van der Waals surface area contributed by atoms with E-state index >= 15 is 0 Å². The lowest BCUT2D eigenvalue weighted by Gasteiger charge is -2.33. The van der Waals surface area contributed by atoms with Crippen molar-refractivity contribution >= 4 is 35.8 Å². The molecule has 1 aromatic rings. The monoisotopic (exact) mass is 484 g/mol. The molecule has 0 aromatic heterocycles. The van der Waals surface area contributed by atoms with Crippen LogP contribution in [0.2, 0.25) is 0 Å². The highest BCUT2D eigenvalue weighted by Gasteiger charge is 2.23. The Morgan fingerprint density at radius 1 is 1.11 bits per heavy atom. The summed E-state index contributed by atoms with van der Waals surface area (Å²) in [6.07, 6.45) is 5.66. The van der Waals surface area contributed by atoms with Crippen molar-refractivity contribution in [2.24, 2.45) is 22.6 Å². The molecule has 2 saturated heterocycles. The van der Waals surface area contributed by atoms with Gasteiger partial charge in [0.2, 0.25) is 5.91 Å². The lowest BCUT2D eigenvalue weighted by atomic mass is 9.90. The number of aliphatic imine (C=N–C) groups is 1. The van der Waals surface area contributed by atoms with Gasteiger partial charge in [0.15, 0.2) is 5.96 Å². The Bertz CT molecular complexity index is 614. The number of nitrogens with zero attached hydrogens (tertiary/aromatic N) is 3. The number of carbonyl (C=O) groups excluding carboxylic acids is 1. The van der Waals surface area contributed by atoms with Crippen LogP contribution in [0.3, 0.4) is 0 Å². The summed E-state index contributed by atoms with van der Waals surface area (Å²) in [5.41, 5.74) is 7.50. The largest absolute Gasteiger partial charge is 0.370 e. The van der Waals surface area contributed by atoms with E-state index in [2.05, 4.69) is 47.1 Å². The van der Waals surface area contributed by atoms with Gasteiger partial charge in [0.1, 0.15) is 6.54 Å². The number of piperidine rings is 2. The van der Waals surface area contributed by atoms with Crippen molar-refractivity contribution in [3.05, 3.63) is 35.9 Å². The first kappa shape index (κ1) is 22.0. The zero-order valence-electron chi connectivity index (χ0n) is 16.3. The van der Waals surface area contributed by atoms with E-state index in [0.717, 1.165) is 51.9 Å². The van der Waals surface area contributed by atoms with Gasteiger partial charge in [-0.05, 0) is 49.5 Å². The maximum Gasteiger partial charge on any atom is 0.244 e. The van der Waals surface area contributed by atoms with Gasteiger partial charge in [0.05, 0.1) is 0 Å². The minimum Gasteiger partial charge on any atom is -0.370 e. The molecule has 2 N–H and O–H groups in total. The van der Waals surface area contributed by atoms with Crippen molar-refractivity contribution in [2.75, 3.05) is 32.7 Å². The summed E-state index contributed by atoms with van der Waals surface area (Å²) >= 11 is 0. The number of hydrogen-bond donors (Lipinski definition) is 1. The smallest absolute Gasteiger partial charge is 0.244 e. The summed E-state index contributed by atoms with van der Waals surface area (Å²) in [5.74, 6) is 1.96. The lowest BCUT2D eigenvalue weighted by molar-refractivity contribution is -0.130. The molecule has 6 heteroatoms. The van der Waals surface area contributed by atoms with Crippen LogP contribution in [0.4, 0.5) is 0 Å². The number of halogens is 1. The molecule has 0 saturated carbocycles. The van der Waals surface area contributed by atoms with Gasteiger partial charge in [-0.25, -0.2) is 4.99 Å². The highest BCUT2D eigenvalue weighted by molar-refractivity contribution is 14.0. The zero-order chi connectivity index (χ0) is 18.4. The average Bonchev–Trinajstić information content (AvgIpc) is 2.67. The second-order valence-corrected chi connectivity index (χ2v) is 7.88. The van der Waals surface area contributed by atoms with Crippen LogP contribution in [-0.2, 0) is 11.2 Å². The summed E-state index contributed by atoms with van der Waals surface area (Å²) in [4.78, 5) is 20.9. The van der Waals surface area contributed by atoms with E-state index in [9.17, 15) is 4.79 Å². The zero-order valence-corrected chi connectivity index (χ0v) is 18.7. The van der Waals surface area contributed by atoms with Crippen molar-refractivity contribution < 1.29 is 4.79 Å². The van der Waals surface area contributed by atoms with E-state index in [-0.39, 0.29) is 36.4 Å². The standard InChI is InChI=1S/C21H32N4O.HI/c1-17-6-5-11-25(16-17)21(22)23-15-20(26)24-12-9-19(10-13-24)14-18-7-3-2-4-8-18;/h2-4,7-8,17,19H,5-6,9-16H2,1H3,(H2,22,23);1H. The highest BCUT2D eigenvalue weighted by Crippen LogP contribution is 2.21. The number of likely N-dealkylation sites (tertiary alicyclic amines) is 2. The van der Waals surface area contributed by atoms with Crippen LogP contribution in [0, 0.1) is 11.8 Å². The molecule has 0 bridgehead atoms. The van der Waals surface area contributed by atoms with Crippen molar-refractivity contribution in [3.63, 3.8) is 0 Å². The quantitative estimate of drug-likeness (QED) is 0.406. The lowest BCUT2D eigenvalue weighted by Crippen LogP contribution is -2.44. The summed E-state index contributed by atoms with van der Waals surface area (Å²) in [7, 11) is 0. The highest BCUT2D eigenvalue weighted by atomic mass is 127. The number of carbonyl (C=O) groups is 1. The van der Waals surface area contributed by atoms with Crippen LogP contribution in [0.1, 0.15) is 38.2 Å². The summed E-state index contributed by atoms with van der Waals surface area (Å²) in [6, 6.07) is 10.6. The summed E-state index contributed by atoms with van der Waals surface area (Å²) in [5, 5.41) is 0. The summed E-state index contributed by atoms with van der Waals surface area (Å²) in [6.45, 7) is 6.01. The molecule has 0 aliphatic carbocycles. The van der Waals surface area contributed by atoms with Crippen LogP contribution in [0.25, 0.3) is 0 Å². The van der Waals surface area contributed by atoms with Crippen LogP contribution >= 0.6 is 24.0 Å². The number of benzene rings is 1. The SMILES string of the molecule is CC1CCCN(C(N)=NCC(=O)N2CCC(Cc3ccccc3)CC2)C1.I. The van der Waals surface area contributed by atoms with E-state index in [4.69, 9.17) is 5.73 Å². The third-order valence-electron chi connectivity index (χ3n) is 5.69. The maximum absolute atomic E-state index is 12.5. The molecule has 1 unspecified atom stereocenters. The van der Waals surface area contributed by atoms with Gasteiger partial charge in [-0.1, -0.05) is 37.3 Å². The second kappa shape index (κ2) is 10.9. The van der Waals surface area contributed by atoms with Gasteiger partial charge in [0, 0.05) is 26.2 Å². The number of nitrogens with two attached hydrogens (primary N) is 1. The van der Waals surface area contributed by atoms with E-state index in [1.807, 2.05) is 4.90 Å². The third-order valence-corrected chi connectivity index (χ3v) is 5.69. The molecular formula is C21H33IN4O. The Morgan fingerprint density at radius 3 is 2.48 bits per heavy atom. The molecule has 0 spiro atoms. The molecule has 2 aliphatic heterocycles. The van der Waals surface area contributed by atoms with E-state index < -0.39 is 0 Å². The maximum atomic E-state index is 12.5. The molecule has 2 aliphatic rings. The van der Waals surface area contributed by atoms with Crippen molar-refractivity contribution in [2.45, 2.75) is 39.0 Å². The minimum atomic E-state index is 0. The molecule has 2 heterocycles. The molecule has 0 radical (unpaired) electrons. The molecule has 1 atom stereocenters. The van der Waals surface area contributed by atoms with Crippen LogP contribution in [-0.4, -0.2) is 54.4 Å². The first-order valence-corrected chi connectivity index (χ1v) is 9.98. The van der Waals surface area contributed by atoms with E-state index in [0.29, 0.717) is 17.8 Å². The van der Waals surface area contributed by atoms with Crippen LogP contribution in [0.15, 0.2) is 35.3 Å². The molecule has 1 amide bonds. The molecule has 27 heavy (non-hydrogen) atoms. The number of hydrogen-bond acceptors (Lipinski definition) is 2. The second-order valence-electron chi connectivity index (χ2n) is 7.88. The molecule has 5 nitrogen and oxygen atoms in total. The number of amides is 1. The Hall–Kier alpha value is -1.31. The fourth-order valence-corrected chi connectivity index (χ4v) is 4.08. The average molecular weight is 484 g/mol. The van der Waals surface area contributed by atoms with Gasteiger partial charge in [0.25, 0.3) is 0 Å². The minimum absolute atomic E-state index is 0. The number of guanidine groups is 1. The Morgan fingerprint density at radius 2 is 1.81 bits per heavy atom. The fourth-order valence-electron chi connectivity index (χ4n) is 4.08. The molecule has 150 valence electrons. The van der Waals surface area contributed by atoms with Crippen molar-refractivity contribution in [1.29, 1.82) is 0 Å². The van der Waals surface area contributed by atoms with Gasteiger partial charge >= 0.3 is 0 Å². The first-order chi connectivity index (χ1) is 12.6.